The van der Waals surface area contributed by atoms with Crippen LogP contribution in [0, 0.1) is 0 Å². The van der Waals surface area contributed by atoms with Gasteiger partial charge in [-0.2, -0.15) is 4.98 Å². The van der Waals surface area contributed by atoms with E-state index in [1.165, 1.54) is 23.8 Å². The highest BCUT2D eigenvalue weighted by Gasteiger charge is 2.51. The largest absolute Gasteiger partial charge is 0.512 e. The summed E-state index contributed by atoms with van der Waals surface area (Å²) in [4.78, 5) is 55.5. The molecule has 1 aliphatic heterocycles. The monoisotopic (exact) mass is 596 g/mol. The van der Waals surface area contributed by atoms with Crippen LogP contribution in [0.5, 0.6) is 0 Å². The van der Waals surface area contributed by atoms with Crippen LogP contribution in [-0.4, -0.2) is 57.5 Å². The van der Waals surface area contributed by atoms with Crippen molar-refractivity contribution in [3.8, 4) is 0 Å². The molecule has 0 amide bonds. The molecule has 0 bridgehead atoms. The van der Waals surface area contributed by atoms with Crippen LogP contribution in [0.3, 0.4) is 0 Å². The highest BCUT2D eigenvalue weighted by molar-refractivity contribution is 5.91. The van der Waals surface area contributed by atoms with Crippen molar-refractivity contribution in [2.45, 2.75) is 31.5 Å². The molecule has 0 spiro atoms. The second-order valence-corrected chi connectivity index (χ2v) is 9.82. The lowest BCUT2D eigenvalue weighted by molar-refractivity contribution is -0.0629. The number of benzene rings is 3. The molecular weight excluding hydrogens is 568 g/mol. The van der Waals surface area contributed by atoms with Crippen molar-refractivity contribution in [1.82, 2.24) is 9.55 Å². The fourth-order valence-electron chi connectivity index (χ4n) is 4.62. The maximum Gasteiger partial charge on any atom is 0.338 e. The first kappa shape index (κ1) is 29.9. The molecule has 3 aromatic carbocycles. The van der Waals surface area contributed by atoms with Gasteiger partial charge in [0.2, 0.25) is 0 Å². The fourth-order valence-corrected chi connectivity index (χ4v) is 4.62. The van der Waals surface area contributed by atoms with E-state index in [9.17, 15) is 24.3 Å². The number of hydrogen-bond donors (Lipinski definition) is 1. The van der Waals surface area contributed by atoms with Crippen molar-refractivity contribution in [2.24, 2.45) is 0 Å². The summed E-state index contributed by atoms with van der Waals surface area (Å²) < 4.78 is 25.0. The first-order valence-electron chi connectivity index (χ1n) is 13.7. The number of rotatable bonds is 9. The topological polar surface area (TPSA) is 143 Å². The number of hydrogen-bond acceptors (Lipinski definition) is 10. The molecular formula is C33H28N2O9. The van der Waals surface area contributed by atoms with E-state index in [0.29, 0.717) is 5.56 Å². The Hall–Kier alpha value is -5.55. The summed E-state index contributed by atoms with van der Waals surface area (Å²) in [5.74, 6) is -2.29. The molecule has 4 aromatic rings. The molecule has 0 saturated carbocycles. The number of ether oxygens (including phenoxy) is 4. The van der Waals surface area contributed by atoms with Gasteiger partial charge in [0.15, 0.2) is 18.4 Å². The minimum Gasteiger partial charge on any atom is -0.512 e. The van der Waals surface area contributed by atoms with E-state index in [0.717, 1.165) is 6.07 Å². The summed E-state index contributed by atoms with van der Waals surface area (Å²) in [6.07, 6.45) is -2.36. The molecule has 1 saturated heterocycles. The van der Waals surface area contributed by atoms with E-state index in [1.54, 1.807) is 91.0 Å². The molecule has 11 nitrogen and oxygen atoms in total. The number of aromatic nitrogens is 2. The number of allylic oxidation sites excluding steroid dienone is 1. The third-order valence-corrected chi connectivity index (χ3v) is 6.66. The summed E-state index contributed by atoms with van der Waals surface area (Å²) in [7, 11) is 0. The van der Waals surface area contributed by atoms with E-state index in [4.69, 9.17) is 18.9 Å². The van der Waals surface area contributed by atoms with E-state index in [1.807, 2.05) is 0 Å². The van der Waals surface area contributed by atoms with E-state index in [-0.39, 0.29) is 29.3 Å². The lowest BCUT2D eigenvalue weighted by atomic mass is 10.1. The number of carbonyl (C=O) groups excluding carboxylic acids is 3. The summed E-state index contributed by atoms with van der Waals surface area (Å²) in [5.41, 5.74) is 0.156. The molecule has 0 aliphatic carbocycles. The molecule has 224 valence electrons. The molecule has 1 N–H and O–H groups in total. The second kappa shape index (κ2) is 13.6. The molecule has 2 heterocycles. The highest BCUT2D eigenvalue weighted by atomic mass is 16.7. The number of aliphatic hydroxyl groups excluding tert-OH is 1. The number of nitrogens with zero attached hydrogens (tertiary/aromatic N) is 2. The van der Waals surface area contributed by atoms with Crippen LogP contribution in [0.4, 0.5) is 0 Å². The molecule has 0 unspecified atom stereocenters. The quantitative estimate of drug-likeness (QED) is 0.168. The Bertz CT molecular complexity index is 1700. The minimum absolute atomic E-state index is 0.0154. The molecule has 1 aromatic heterocycles. The Morgan fingerprint density at radius 1 is 0.795 bits per heavy atom. The lowest BCUT2D eigenvalue weighted by Gasteiger charge is -2.26. The third kappa shape index (κ3) is 7.08. The van der Waals surface area contributed by atoms with Gasteiger partial charge >= 0.3 is 17.9 Å². The zero-order valence-corrected chi connectivity index (χ0v) is 23.5. The smallest absolute Gasteiger partial charge is 0.338 e. The van der Waals surface area contributed by atoms with Gasteiger partial charge in [-0.25, -0.2) is 14.4 Å². The van der Waals surface area contributed by atoms with Gasteiger partial charge in [0, 0.05) is 18.3 Å². The minimum atomic E-state index is -1.31. The van der Waals surface area contributed by atoms with Crippen LogP contribution in [-0.2, 0) is 18.9 Å². The summed E-state index contributed by atoms with van der Waals surface area (Å²) in [6.45, 7) is 1.01. The molecule has 1 aliphatic rings. The number of esters is 3. The van der Waals surface area contributed by atoms with Gasteiger partial charge in [0.25, 0.3) is 5.56 Å². The van der Waals surface area contributed by atoms with Gasteiger partial charge in [-0.1, -0.05) is 54.6 Å². The Labute approximate surface area is 251 Å². The van der Waals surface area contributed by atoms with Crippen molar-refractivity contribution in [2.75, 3.05) is 6.61 Å². The van der Waals surface area contributed by atoms with Gasteiger partial charge in [-0.15, -0.1) is 0 Å². The fraction of sp³-hybridized carbons (Fsp3) is 0.182. The summed E-state index contributed by atoms with van der Waals surface area (Å²) in [6, 6.07) is 25.8. The average Bonchev–Trinajstić information content (AvgIpc) is 3.36. The Morgan fingerprint density at radius 2 is 1.30 bits per heavy atom. The highest BCUT2D eigenvalue weighted by Crippen LogP contribution is 2.36. The standard InChI is InChI=1S/C33H28N2O9/c1-21(36)19-26-34-27(37)17-18-35(26)30-29(44-33(40)24-15-9-4-10-16-24)28(43-32(39)23-13-7-3-8-14-23)25(42-30)20-41-31(38)22-11-5-2-6-12-22/h2-19,25,28-30,36H,20H2,1H3/b21-19+/t25-,28-,29-,30-/m1/s1. The van der Waals surface area contributed by atoms with Gasteiger partial charge in [-0.05, 0) is 43.3 Å². The van der Waals surface area contributed by atoms with Crippen molar-refractivity contribution >= 4 is 24.0 Å². The van der Waals surface area contributed by atoms with E-state index < -0.39 is 48.0 Å². The maximum absolute atomic E-state index is 13.3. The zero-order chi connectivity index (χ0) is 31.1. The lowest BCUT2D eigenvalue weighted by Crippen LogP contribution is -2.41. The van der Waals surface area contributed by atoms with Crippen LogP contribution in [0.1, 0.15) is 50.1 Å². The van der Waals surface area contributed by atoms with Gasteiger partial charge < -0.3 is 28.6 Å². The molecule has 11 heteroatoms. The van der Waals surface area contributed by atoms with Crippen LogP contribution in [0.25, 0.3) is 6.08 Å². The predicted molar refractivity (Wildman–Crippen MR) is 157 cm³/mol. The average molecular weight is 597 g/mol. The Kier molecular flexibility index (Phi) is 9.26. The normalized spacial score (nSPS) is 19.6. The Balaban J connectivity index is 1.54. The number of aliphatic hydroxyl groups is 1. The first-order valence-corrected chi connectivity index (χ1v) is 13.7. The van der Waals surface area contributed by atoms with Crippen molar-refractivity contribution in [3.63, 3.8) is 0 Å². The van der Waals surface area contributed by atoms with Gasteiger partial charge in [0.05, 0.1) is 22.4 Å². The number of carbonyl (C=O) groups is 3. The van der Waals surface area contributed by atoms with Crippen molar-refractivity contribution in [3.05, 3.63) is 142 Å². The molecule has 5 rings (SSSR count). The van der Waals surface area contributed by atoms with Gasteiger partial charge in [0.1, 0.15) is 18.5 Å². The second-order valence-electron chi connectivity index (χ2n) is 9.82. The van der Waals surface area contributed by atoms with Crippen LogP contribution >= 0.6 is 0 Å². The van der Waals surface area contributed by atoms with Crippen LogP contribution < -0.4 is 5.56 Å². The third-order valence-electron chi connectivity index (χ3n) is 6.66. The zero-order valence-electron chi connectivity index (χ0n) is 23.5. The SMILES string of the molecule is C/C(O)=C\c1nc(=O)ccn1[C@@H]1O[C@H](COC(=O)c2ccccc2)[C@@H](OC(=O)c2ccccc2)[C@H]1OC(=O)c1ccccc1. The van der Waals surface area contributed by atoms with Crippen molar-refractivity contribution in [1.29, 1.82) is 0 Å². The molecule has 4 atom stereocenters. The summed E-state index contributed by atoms with van der Waals surface area (Å²) in [5, 5.41) is 9.98. The maximum atomic E-state index is 13.3. The molecule has 44 heavy (non-hydrogen) atoms. The van der Waals surface area contributed by atoms with E-state index in [2.05, 4.69) is 4.98 Å². The van der Waals surface area contributed by atoms with Crippen LogP contribution in [0.2, 0.25) is 0 Å². The van der Waals surface area contributed by atoms with Crippen molar-refractivity contribution < 1.29 is 38.4 Å². The first-order chi connectivity index (χ1) is 21.3. The predicted octanol–water partition coefficient (Wildman–Crippen LogP) is 4.37. The van der Waals surface area contributed by atoms with Gasteiger partial charge in [-0.3, -0.25) is 4.79 Å². The van der Waals surface area contributed by atoms with E-state index >= 15 is 0 Å². The molecule has 1 fully saturated rings. The van der Waals surface area contributed by atoms with Crippen LogP contribution in [0.15, 0.2) is 114 Å². The summed E-state index contributed by atoms with van der Waals surface area (Å²) >= 11 is 0. The molecule has 0 radical (unpaired) electrons. The Morgan fingerprint density at radius 3 is 1.82 bits per heavy atom.